The Labute approximate surface area is 383 Å². The first-order valence-corrected chi connectivity index (χ1v) is 21.5. The largest absolute Gasteiger partial charge is 0.497 e. The van der Waals surface area contributed by atoms with E-state index in [1.165, 1.54) is 0 Å². The van der Waals surface area contributed by atoms with E-state index in [9.17, 15) is 0 Å². The van der Waals surface area contributed by atoms with Gasteiger partial charge in [0, 0.05) is 86.5 Å². The molecule has 0 fully saturated rings. The third-order valence-corrected chi connectivity index (χ3v) is 11.0. The molecule has 0 saturated heterocycles. The van der Waals surface area contributed by atoms with Gasteiger partial charge in [-0.3, -0.25) is 0 Å². The molecular weight excluding hydrogens is 801 g/mol. The maximum atomic E-state index is 5.64. The normalized spacial score (nSPS) is 11.3. The van der Waals surface area contributed by atoms with Gasteiger partial charge >= 0.3 is 0 Å². The number of para-hydroxylation sites is 3. The van der Waals surface area contributed by atoms with Crippen molar-refractivity contribution in [2.24, 2.45) is 0 Å². The highest BCUT2D eigenvalue weighted by Gasteiger charge is 2.20. The molecule has 322 valence electrons. The van der Waals surface area contributed by atoms with Crippen LogP contribution in [0.4, 0.5) is 62.6 Å². The monoisotopic (exact) mass is 852 g/mol. The highest BCUT2D eigenvalue weighted by molar-refractivity contribution is 5.84. The smallest absolute Gasteiger partial charge is 0.120 e. The second-order valence-corrected chi connectivity index (χ2v) is 15.0. The van der Waals surface area contributed by atoms with Crippen LogP contribution in [-0.2, 0) is 4.74 Å². The van der Waals surface area contributed by atoms with Crippen molar-refractivity contribution >= 4 is 62.6 Å². The molecular formula is C58H52N4O3. The maximum Gasteiger partial charge on any atom is 0.120 e. The quantitative estimate of drug-likeness (QED) is 0.0667. The maximum absolute atomic E-state index is 5.64. The van der Waals surface area contributed by atoms with Crippen molar-refractivity contribution in [3.63, 3.8) is 0 Å². The summed E-state index contributed by atoms with van der Waals surface area (Å²) in [6.07, 6.45) is 5.79. The Hall–Kier alpha value is -8.42. The molecule has 7 heteroatoms. The van der Waals surface area contributed by atoms with Crippen molar-refractivity contribution in [1.82, 2.24) is 0 Å². The second kappa shape index (κ2) is 20.6. The molecule has 0 amide bonds. The third-order valence-electron chi connectivity index (χ3n) is 11.0. The molecule has 0 bridgehead atoms. The highest BCUT2D eigenvalue weighted by atomic mass is 16.5. The van der Waals surface area contributed by atoms with Gasteiger partial charge in [-0.05, 0) is 146 Å². The van der Waals surface area contributed by atoms with Gasteiger partial charge in [0.05, 0.1) is 21.3 Å². The molecule has 8 aromatic carbocycles. The van der Waals surface area contributed by atoms with Crippen molar-refractivity contribution in [3.8, 4) is 11.5 Å². The minimum atomic E-state index is 0.670. The summed E-state index contributed by atoms with van der Waals surface area (Å²) in [5.41, 5.74) is 12.0. The van der Waals surface area contributed by atoms with Crippen LogP contribution in [0.25, 0.3) is 0 Å². The van der Waals surface area contributed by atoms with E-state index < -0.39 is 0 Å². The fraction of sp³-hybridized carbons (Fsp3) is 0.0690. The van der Waals surface area contributed by atoms with Gasteiger partial charge in [-0.15, -0.1) is 0 Å². The Morgan fingerprint density at radius 1 is 0.385 bits per heavy atom. The Morgan fingerprint density at radius 3 is 1.03 bits per heavy atom. The van der Waals surface area contributed by atoms with E-state index in [2.05, 4.69) is 190 Å². The van der Waals surface area contributed by atoms with E-state index in [1.807, 2.05) is 67.6 Å². The molecule has 0 atom stereocenters. The summed E-state index contributed by atoms with van der Waals surface area (Å²) in [5.74, 6) is 2.25. The molecule has 0 spiro atoms. The molecule has 0 aromatic heterocycles. The average molecular weight is 853 g/mol. The van der Waals surface area contributed by atoms with Crippen molar-refractivity contribution in [2.75, 3.05) is 40.9 Å². The van der Waals surface area contributed by atoms with Gasteiger partial charge < -0.3 is 33.8 Å². The first kappa shape index (κ1) is 43.2. The number of methoxy groups -OCH3 is 3. The SMILES string of the molecule is C=C/C(=C\C(=C/C)N(c1ccccc1)c1ccc(N(c2ccc(N(c3ccccc3)c3cccc(OC)c3)cc2)c2ccc(N(c3ccccc3)c3cccc(OC)c3)cc2)cc1)OC. The fourth-order valence-electron chi connectivity index (χ4n) is 7.90. The van der Waals surface area contributed by atoms with Crippen LogP contribution in [0.2, 0.25) is 0 Å². The fourth-order valence-corrected chi connectivity index (χ4v) is 7.90. The first-order chi connectivity index (χ1) is 32.0. The van der Waals surface area contributed by atoms with E-state index in [1.54, 1.807) is 27.4 Å². The number of hydrogen-bond acceptors (Lipinski definition) is 7. The number of allylic oxidation sites excluding steroid dienone is 3. The Kier molecular flexibility index (Phi) is 13.7. The zero-order valence-corrected chi connectivity index (χ0v) is 37.2. The third kappa shape index (κ3) is 9.80. The van der Waals surface area contributed by atoms with Crippen LogP contribution in [0.15, 0.2) is 249 Å². The summed E-state index contributed by atoms with van der Waals surface area (Å²) in [4.78, 5) is 8.99. The number of benzene rings is 8. The van der Waals surface area contributed by atoms with E-state index in [0.717, 1.165) is 79.8 Å². The molecule has 0 saturated carbocycles. The zero-order chi connectivity index (χ0) is 45.0. The summed E-state index contributed by atoms with van der Waals surface area (Å²) in [6.45, 7) is 5.99. The minimum absolute atomic E-state index is 0.670. The van der Waals surface area contributed by atoms with Crippen LogP contribution in [0, 0.1) is 0 Å². The van der Waals surface area contributed by atoms with E-state index in [0.29, 0.717) is 5.76 Å². The van der Waals surface area contributed by atoms with Crippen LogP contribution in [0.3, 0.4) is 0 Å². The number of hydrogen-bond donors (Lipinski definition) is 0. The molecule has 0 radical (unpaired) electrons. The van der Waals surface area contributed by atoms with Crippen LogP contribution < -0.4 is 29.1 Å². The average Bonchev–Trinajstić information content (AvgIpc) is 3.38. The molecule has 0 heterocycles. The lowest BCUT2D eigenvalue weighted by Crippen LogP contribution is -2.16. The summed E-state index contributed by atoms with van der Waals surface area (Å²) in [5, 5.41) is 0. The first-order valence-electron chi connectivity index (χ1n) is 21.5. The van der Waals surface area contributed by atoms with Crippen LogP contribution in [-0.4, -0.2) is 21.3 Å². The van der Waals surface area contributed by atoms with Gasteiger partial charge in [0.2, 0.25) is 0 Å². The Bertz CT molecular complexity index is 2710. The summed E-state index contributed by atoms with van der Waals surface area (Å²) in [6, 6.07) is 73.5. The molecule has 8 aromatic rings. The van der Waals surface area contributed by atoms with Gasteiger partial charge in [-0.1, -0.05) is 79.4 Å². The van der Waals surface area contributed by atoms with E-state index in [4.69, 9.17) is 14.2 Å². The second-order valence-electron chi connectivity index (χ2n) is 15.0. The van der Waals surface area contributed by atoms with E-state index >= 15 is 0 Å². The number of anilines is 11. The van der Waals surface area contributed by atoms with Crippen molar-refractivity contribution in [3.05, 3.63) is 249 Å². The lowest BCUT2D eigenvalue weighted by molar-refractivity contribution is 0.307. The molecule has 65 heavy (non-hydrogen) atoms. The predicted octanol–water partition coefficient (Wildman–Crippen LogP) is 15.9. The highest BCUT2D eigenvalue weighted by Crippen LogP contribution is 2.43. The van der Waals surface area contributed by atoms with E-state index in [-0.39, 0.29) is 0 Å². The van der Waals surface area contributed by atoms with Gasteiger partial charge in [0.15, 0.2) is 0 Å². The molecule has 8 rings (SSSR count). The number of rotatable bonds is 17. The summed E-state index contributed by atoms with van der Waals surface area (Å²) < 4.78 is 16.9. The van der Waals surface area contributed by atoms with Gasteiger partial charge in [-0.25, -0.2) is 0 Å². The van der Waals surface area contributed by atoms with Gasteiger partial charge in [0.1, 0.15) is 17.3 Å². The molecule has 0 unspecified atom stereocenters. The van der Waals surface area contributed by atoms with Crippen molar-refractivity contribution in [1.29, 1.82) is 0 Å². The number of ether oxygens (including phenoxy) is 3. The standard InChI is InChI=1S/C58H52N4O3/c1-6-44(41-56(7-2)63-3)59(45-19-11-8-12-20-45)48-29-31-49(32-30-48)60(50-33-37-52(38-34-50)61(46-21-13-9-14-22-46)54-25-17-27-57(42-54)64-4)51-35-39-53(40-36-51)62(47-23-15-10-16-24-47)55-26-18-28-58(43-55)65-5/h6-43H,2H2,1,3-5H3/b44-6+,56-41+. The summed E-state index contributed by atoms with van der Waals surface area (Å²) >= 11 is 0. The van der Waals surface area contributed by atoms with Crippen LogP contribution in [0.1, 0.15) is 6.92 Å². The number of nitrogens with zero attached hydrogens (tertiary/aromatic N) is 4. The van der Waals surface area contributed by atoms with Crippen LogP contribution in [0.5, 0.6) is 11.5 Å². The van der Waals surface area contributed by atoms with Crippen LogP contribution >= 0.6 is 0 Å². The molecule has 7 nitrogen and oxygen atoms in total. The van der Waals surface area contributed by atoms with Gasteiger partial charge in [0.25, 0.3) is 0 Å². The molecule has 0 N–H and O–H groups in total. The topological polar surface area (TPSA) is 40.7 Å². The lowest BCUT2D eigenvalue weighted by Gasteiger charge is -2.30. The van der Waals surface area contributed by atoms with Gasteiger partial charge in [-0.2, -0.15) is 0 Å². The lowest BCUT2D eigenvalue weighted by atomic mass is 10.1. The van der Waals surface area contributed by atoms with Crippen molar-refractivity contribution in [2.45, 2.75) is 6.92 Å². The Morgan fingerprint density at radius 2 is 0.692 bits per heavy atom. The minimum Gasteiger partial charge on any atom is -0.497 e. The molecule has 0 aliphatic carbocycles. The molecule has 0 aliphatic heterocycles. The van der Waals surface area contributed by atoms with Crippen molar-refractivity contribution < 1.29 is 14.2 Å². The predicted molar refractivity (Wildman–Crippen MR) is 271 cm³/mol. The summed E-state index contributed by atoms with van der Waals surface area (Å²) in [7, 11) is 5.05. The molecule has 0 aliphatic rings. The Balaban J connectivity index is 1.23. The zero-order valence-electron chi connectivity index (χ0n) is 37.2.